The lowest BCUT2D eigenvalue weighted by molar-refractivity contribution is -0.147. The molecule has 0 heterocycles. The van der Waals surface area contributed by atoms with Crippen LogP contribution in [0.1, 0.15) is 12.5 Å². The summed E-state index contributed by atoms with van der Waals surface area (Å²) >= 11 is 0. The van der Waals surface area contributed by atoms with Gasteiger partial charge in [0, 0.05) is 12.6 Å². The second kappa shape index (κ2) is 8.68. The lowest BCUT2D eigenvalue weighted by Gasteiger charge is -2.18. The van der Waals surface area contributed by atoms with Crippen molar-refractivity contribution in [3.63, 3.8) is 0 Å². The Bertz CT molecular complexity index is 523. The molecule has 4 nitrogen and oxygen atoms in total. The van der Waals surface area contributed by atoms with Crippen molar-refractivity contribution in [3.8, 4) is 0 Å². The Balaban J connectivity index is 2.69. The van der Waals surface area contributed by atoms with Gasteiger partial charge in [-0.2, -0.15) is 0 Å². The van der Waals surface area contributed by atoms with Gasteiger partial charge in [0.1, 0.15) is 12.4 Å². The zero-order valence-corrected chi connectivity index (χ0v) is 11.9. The van der Waals surface area contributed by atoms with Gasteiger partial charge in [-0.15, -0.1) is 6.58 Å². The summed E-state index contributed by atoms with van der Waals surface area (Å²) in [7, 11) is 0. The van der Waals surface area contributed by atoms with Crippen LogP contribution in [0.3, 0.4) is 0 Å². The van der Waals surface area contributed by atoms with Gasteiger partial charge in [0.05, 0.1) is 6.61 Å². The van der Waals surface area contributed by atoms with Gasteiger partial charge in [-0.05, 0) is 30.7 Å². The molecule has 5 heteroatoms. The number of benzene rings is 1. The van der Waals surface area contributed by atoms with E-state index in [1.807, 2.05) is 0 Å². The maximum absolute atomic E-state index is 12.8. The summed E-state index contributed by atoms with van der Waals surface area (Å²) in [6, 6.07) is 5.74. The van der Waals surface area contributed by atoms with Crippen molar-refractivity contribution in [1.82, 2.24) is 4.90 Å². The first-order valence-electron chi connectivity index (χ1n) is 6.56. The van der Waals surface area contributed by atoms with Gasteiger partial charge < -0.3 is 9.64 Å². The van der Waals surface area contributed by atoms with Gasteiger partial charge in [-0.3, -0.25) is 9.59 Å². The molecule has 0 aliphatic heterocycles. The summed E-state index contributed by atoms with van der Waals surface area (Å²) in [6.45, 7) is 5.63. The molecule has 0 unspecified atom stereocenters. The third-order valence-electron chi connectivity index (χ3n) is 2.57. The molecule has 0 saturated carbocycles. The maximum Gasteiger partial charge on any atom is 0.325 e. The van der Waals surface area contributed by atoms with Crippen molar-refractivity contribution >= 4 is 18.0 Å². The van der Waals surface area contributed by atoms with E-state index in [0.29, 0.717) is 5.56 Å². The molecule has 0 saturated heterocycles. The highest BCUT2D eigenvalue weighted by Crippen LogP contribution is 2.05. The van der Waals surface area contributed by atoms with Crippen LogP contribution in [0.4, 0.5) is 4.39 Å². The number of esters is 1. The first-order valence-corrected chi connectivity index (χ1v) is 6.56. The summed E-state index contributed by atoms with van der Waals surface area (Å²) in [5.74, 6) is -1.15. The molecule has 21 heavy (non-hydrogen) atoms. The van der Waals surface area contributed by atoms with Crippen molar-refractivity contribution in [2.45, 2.75) is 6.92 Å². The molecular weight excluding hydrogens is 273 g/mol. The van der Waals surface area contributed by atoms with Crippen molar-refractivity contribution in [2.24, 2.45) is 0 Å². The SMILES string of the molecule is C=CCN(CC(=O)OCC)C(=O)/C=C/c1ccc(F)cc1. The average Bonchev–Trinajstić information content (AvgIpc) is 2.46. The molecule has 0 aromatic heterocycles. The quantitative estimate of drug-likeness (QED) is 0.440. The summed E-state index contributed by atoms with van der Waals surface area (Å²) in [5, 5.41) is 0. The minimum absolute atomic E-state index is 0.132. The number of hydrogen-bond donors (Lipinski definition) is 0. The third kappa shape index (κ3) is 6.03. The van der Waals surface area contributed by atoms with E-state index >= 15 is 0 Å². The second-order valence-corrected chi connectivity index (χ2v) is 4.20. The maximum atomic E-state index is 12.8. The van der Waals surface area contributed by atoms with Gasteiger partial charge in [-0.25, -0.2) is 4.39 Å². The molecule has 1 aromatic rings. The van der Waals surface area contributed by atoms with Gasteiger partial charge in [-0.1, -0.05) is 18.2 Å². The van der Waals surface area contributed by atoms with Crippen LogP contribution in [-0.4, -0.2) is 36.5 Å². The molecule has 112 valence electrons. The topological polar surface area (TPSA) is 46.6 Å². The smallest absolute Gasteiger partial charge is 0.325 e. The summed E-state index contributed by atoms with van der Waals surface area (Å²) in [6.07, 6.45) is 4.42. The van der Waals surface area contributed by atoms with E-state index in [9.17, 15) is 14.0 Å². The van der Waals surface area contributed by atoms with Gasteiger partial charge in [0.15, 0.2) is 0 Å². The highest BCUT2D eigenvalue weighted by Gasteiger charge is 2.14. The number of ether oxygens (including phenoxy) is 1. The molecule has 1 rings (SSSR count). The molecular formula is C16H18FNO3. The van der Waals surface area contributed by atoms with Crippen LogP contribution in [0.5, 0.6) is 0 Å². The molecule has 0 atom stereocenters. The highest BCUT2D eigenvalue weighted by molar-refractivity contribution is 5.93. The molecule has 0 fully saturated rings. The van der Waals surface area contributed by atoms with E-state index in [2.05, 4.69) is 6.58 Å². The molecule has 0 N–H and O–H groups in total. The minimum atomic E-state index is -0.470. The van der Waals surface area contributed by atoms with Gasteiger partial charge >= 0.3 is 5.97 Å². The Kier molecular flexibility index (Phi) is 6.87. The van der Waals surface area contributed by atoms with Gasteiger partial charge in [0.2, 0.25) is 5.91 Å². The van der Waals surface area contributed by atoms with Crippen LogP contribution >= 0.6 is 0 Å². The van der Waals surface area contributed by atoms with Crippen LogP contribution < -0.4 is 0 Å². The van der Waals surface area contributed by atoms with E-state index in [0.717, 1.165) is 0 Å². The predicted molar refractivity (Wildman–Crippen MR) is 78.8 cm³/mol. The standard InChI is InChI=1S/C16H18FNO3/c1-3-11-18(12-16(20)21-4-2)15(19)10-7-13-5-8-14(17)9-6-13/h3,5-10H,1,4,11-12H2,2H3/b10-7+. The number of rotatable bonds is 7. The van der Waals surface area contributed by atoms with E-state index in [1.54, 1.807) is 25.1 Å². The molecule has 1 aromatic carbocycles. The highest BCUT2D eigenvalue weighted by atomic mass is 19.1. The number of hydrogen-bond acceptors (Lipinski definition) is 3. The van der Waals surface area contributed by atoms with E-state index < -0.39 is 5.97 Å². The van der Waals surface area contributed by atoms with Crippen LogP contribution in [0.25, 0.3) is 6.08 Å². The number of carbonyl (C=O) groups is 2. The van der Waals surface area contributed by atoms with E-state index in [-0.39, 0.29) is 31.4 Å². The molecule has 0 radical (unpaired) electrons. The number of nitrogens with zero attached hydrogens (tertiary/aromatic N) is 1. The minimum Gasteiger partial charge on any atom is -0.465 e. The van der Waals surface area contributed by atoms with Crippen LogP contribution in [-0.2, 0) is 14.3 Å². The Hall–Kier alpha value is -2.43. The van der Waals surface area contributed by atoms with Crippen LogP contribution in [0, 0.1) is 5.82 Å². The normalized spacial score (nSPS) is 10.4. The number of carbonyl (C=O) groups excluding carboxylic acids is 2. The fourth-order valence-electron chi connectivity index (χ4n) is 1.60. The van der Waals surface area contributed by atoms with E-state index in [4.69, 9.17) is 4.74 Å². The Labute approximate surface area is 123 Å². The zero-order valence-electron chi connectivity index (χ0n) is 11.9. The third-order valence-corrected chi connectivity index (χ3v) is 2.57. The average molecular weight is 291 g/mol. The first-order chi connectivity index (χ1) is 10.1. The van der Waals surface area contributed by atoms with Crippen molar-refractivity contribution in [3.05, 3.63) is 54.4 Å². The van der Waals surface area contributed by atoms with Crippen LogP contribution in [0.15, 0.2) is 43.0 Å². The number of amides is 1. The lowest BCUT2D eigenvalue weighted by atomic mass is 10.2. The Morgan fingerprint density at radius 1 is 1.33 bits per heavy atom. The van der Waals surface area contributed by atoms with Crippen molar-refractivity contribution in [1.29, 1.82) is 0 Å². The molecule has 0 bridgehead atoms. The fourth-order valence-corrected chi connectivity index (χ4v) is 1.60. The van der Waals surface area contributed by atoms with Crippen molar-refractivity contribution < 1.29 is 18.7 Å². The van der Waals surface area contributed by atoms with E-state index in [1.165, 1.54) is 29.2 Å². The second-order valence-electron chi connectivity index (χ2n) is 4.20. The summed E-state index contributed by atoms with van der Waals surface area (Å²) in [5.41, 5.74) is 0.694. The molecule has 0 aliphatic rings. The summed E-state index contributed by atoms with van der Waals surface area (Å²) < 4.78 is 17.6. The lowest BCUT2D eigenvalue weighted by Crippen LogP contribution is -2.35. The monoisotopic (exact) mass is 291 g/mol. The summed E-state index contributed by atoms with van der Waals surface area (Å²) in [4.78, 5) is 24.8. The van der Waals surface area contributed by atoms with Crippen LogP contribution in [0.2, 0.25) is 0 Å². The Morgan fingerprint density at radius 3 is 2.57 bits per heavy atom. The first kappa shape index (κ1) is 16.6. The van der Waals surface area contributed by atoms with Gasteiger partial charge in [0.25, 0.3) is 0 Å². The largest absolute Gasteiger partial charge is 0.465 e. The Morgan fingerprint density at radius 2 is 2.00 bits per heavy atom. The van der Waals surface area contributed by atoms with Crippen molar-refractivity contribution in [2.75, 3.05) is 19.7 Å². The fraction of sp³-hybridized carbons (Fsp3) is 0.250. The molecule has 1 amide bonds. The molecule has 0 aliphatic carbocycles. The zero-order chi connectivity index (χ0) is 15.7. The predicted octanol–water partition coefficient (Wildman–Crippen LogP) is 2.42. The number of halogens is 1. The molecule has 0 spiro atoms.